The monoisotopic (exact) mass is 368 g/mol. The van der Waals surface area contributed by atoms with E-state index in [2.05, 4.69) is 0 Å². The van der Waals surface area contributed by atoms with Crippen molar-refractivity contribution >= 4 is 22.0 Å². The van der Waals surface area contributed by atoms with Crippen molar-refractivity contribution in [3.8, 4) is 5.75 Å². The van der Waals surface area contributed by atoms with E-state index in [1.165, 1.54) is 16.4 Å². The van der Waals surface area contributed by atoms with Crippen LogP contribution in [0.3, 0.4) is 0 Å². The van der Waals surface area contributed by atoms with Crippen LogP contribution in [-0.4, -0.2) is 62.0 Å². The molecule has 8 nitrogen and oxygen atoms in total. The van der Waals surface area contributed by atoms with Crippen LogP contribution < -0.4 is 4.74 Å². The fourth-order valence-electron chi connectivity index (χ4n) is 3.08. The van der Waals surface area contributed by atoms with E-state index in [1.54, 1.807) is 12.1 Å². The molecule has 136 valence electrons. The average Bonchev–Trinajstić information content (AvgIpc) is 2.94. The fourth-order valence-corrected chi connectivity index (χ4v) is 4.55. The summed E-state index contributed by atoms with van der Waals surface area (Å²) in [6, 6.07) is 5.99. The molecule has 0 N–H and O–H groups in total. The molecule has 2 heterocycles. The summed E-state index contributed by atoms with van der Waals surface area (Å²) in [6.07, 6.45) is 0.159. The molecule has 0 radical (unpaired) electrons. The van der Waals surface area contributed by atoms with E-state index in [-0.39, 0.29) is 36.5 Å². The van der Waals surface area contributed by atoms with Gasteiger partial charge in [0.15, 0.2) is 6.61 Å². The molecule has 0 spiro atoms. The summed E-state index contributed by atoms with van der Waals surface area (Å²) >= 11 is 0. The van der Waals surface area contributed by atoms with Gasteiger partial charge in [-0.05, 0) is 44.0 Å². The number of cyclic esters (lactones) is 1. The number of sulfonamides is 1. The van der Waals surface area contributed by atoms with E-state index in [0.717, 1.165) is 4.90 Å². The van der Waals surface area contributed by atoms with Crippen LogP contribution in [0.4, 0.5) is 4.79 Å². The number of benzene rings is 1. The normalized spacial score (nSPS) is 20.0. The van der Waals surface area contributed by atoms with Crippen molar-refractivity contribution in [2.75, 3.05) is 26.3 Å². The highest BCUT2D eigenvalue weighted by Gasteiger charge is 2.40. The van der Waals surface area contributed by atoms with E-state index in [1.807, 2.05) is 6.92 Å². The smallest absolute Gasteiger partial charge is 0.417 e. The van der Waals surface area contributed by atoms with Gasteiger partial charge in [0.1, 0.15) is 5.75 Å². The van der Waals surface area contributed by atoms with Gasteiger partial charge in [-0.15, -0.1) is 0 Å². The van der Waals surface area contributed by atoms with Gasteiger partial charge in [-0.25, -0.2) is 18.1 Å². The number of amides is 2. The zero-order chi connectivity index (χ0) is 18.0. The van der Waals surface area contributed by atoms with Crippen molar-refractivity contribution < 1.29 is 27.5 Å². The number of carbonyl (C=O) groups is 2. The molecule has 2 aliphatic heterocycles. The molecule has 0 aliphatic carbocycles. The van der Waals surface area contributed by atoms with Gasteiger partial charge < -0.3 is 9.47 Å². The van der Waals surface area contributed by atoms with E-state index < -0.39 is 16.1 Å². The quantitative estimate of drug-likeness (QED) is 0.776. The van der Waals surface area contributed by atoms with E-state index in [4.69, 9.17) is 9.47 Å². The van der Waals surface area contributed by atoms with Crippen molar-refractivity contribution in [2.24, 2.45) is 0 Å². The Morgan fingerprint density at radius 3 is 2.32 bits per heavy atom. The van der Waals surface area contributed by atoms with Gasteiger partial charge in [-0.3, -0.25) is 4.79 Å². The Morgan fingerprint density at radius 2 is 1.80 bits per heavy atom. The summed E-state index contributed by atoms with van der Waals surface area (Å²) in [5.74, 6) is 0.254. The van der Waals surface area contributed by atoms with Gasteiger partial charge >= 0.3 is 6.09 Å². The minimum absolute atomic E-state index is 0.200. The number of imide groups is 1. The average molecular weight is 368 g/mol. The molecule has 1 aromatic carbocycles. The Morgan fingerprint density at radius 1 is 1.16 bits per heavy atom. The Balaban J connectivity index is 1.67. The Kier molecular flexibility index (Phi) is 4.96. The standard InChI is InChI=1S/C16H20N2O6S/c1-2-23-13-3-5-14(6-4-13)25(21,22)17-9-7-12(8-10-17)18-15(19)11-24-16(18)20/h3-6,12H,2,7-11H2,1H3. The summed E-state index contributed by atoms with van der Waals surface area (Å²) in [6.45, 7) is 2.63. The van der Waals surface area contributed by atoms with Crippen molar-refractivity contribution in [3.63, 3.8) is 0 Å². The number of hydrogen-bond donors (Lipinski definition) is 0. The lowest BCUT2D eigenvalue weighted by Crippen LogP contribution is -2.48. The lowest BCUT2D eigenvalue weighted by molar-refractivity contribution is -0.127. The highest BCUT2D eigenvalue weighted by molar-refractivity contribution is 7.89. The molecule has 0 saturated carbocycles. The molecule has 1 aromatic rings. The first-order chi connectivity index (χ1) is 11.9. The predicted octanol–water partition coefficient (Wildman–Crippen LogP) is 1.22. The highest BCUT2D eigenvalue weighted by atomic mass is 32.2. The molecule has 2 amide bonds. The van der Waals surface area contributed by atoms with Crippen molar-refractivity contribution in [1.29, 1.82) is 0 Å². The molecule has 0 atom stereocenters. The number of hydrogen-bond acceptors (Lipinski definition) is 6. The molecule has 2 aliphatic rings. The maximum Gasteiger partial charge on any atom is 0.417 e. The molecule has 25 heavy (non-hydrogen) atoms. The first-order valence-corrected chi connectivity index (χ1v) is 9.59. The summed E-state index contributed by atoms with van der Waals surface area (Å²) in [5, 5.41) is 0. The molecule has 0 bridgehead atoms. The molecule has 9 heteroatoms. The molecule has 2 saturated heterocycles. The molecular formula is C16H20N2O6S. The third-order valence-electron chi connectivity index (χ3n) is 4.35. The minimum Gasteiger partial charge on any atom is -0.494 e. The van der Waals surface area contributed by atoms with Crippen molar-refractivity contribution in [1.82, 2.24) is 9.21 Å². The topological polar surface area (TPSA) is 93.2 Å². The first-order valence-electron chi connectivity index (χ1n) is 8.15. The number of piperidine rings is 1. The molecule has 3 rings (SSSR count). The van der Waals surface area contributed by atoms with Gasteiger partial charge in [0.25, 0.3) is 5.91 Å². The number of nitrogens with zero attached hydrogens (tertiary/aromatic N) is 2. The summed E-state index contributed by atoms with van der Waals surface area (Å²) in [7, 11) is -3.61. The second kappa shape index (κ2) is 7.01. The molecular weight excluding hydrogens is 348 g/mol. The second-order valence-corrected chi connectivity index (χ2v) is 7.80. The molecule has 0 aromatic heterocycles. The van der Waals surface area contributed by atoms with Crippen LogP contribution in [0, 0.1) is 0 Å². The van der Waals surface area contributed by atoms with E-state index in [0.29, 0.717) is 25.2 Å². The van der Waals surface area contributed by atoms with E-state index >= 15 is 0 Å². The summed E-state index contributed by atoms with van der Waals surface area (Å²) < 4.78 is 36.9. The summed E-state index contributed by atoms with van der Waals surface area (Å²) in [4.78, 5) is 24.6. The third kappa shape index (κ3) is 3.47. The Hall–Kier alpha value is -2.13. The predicted molar refractivity (Wildman–Crippen MR) is 87.6 cm³/mol. The highest BCUT2D eigenvalue weighted by Crippen LogP contribution is 2.26. The van der Waals surface area contributed by atoms with E-state index in [9.17, 15) is 18.0 Å². The molecule has 2 fully saturated rings. The minimum atomic E-state index is -3.61. The number of rotatable bonds is 5. The van der Waals surface area contributed by atoms with Crippen LogP contribution in [-0.2, 0) is 19.6 Å². The van der Waals surface area contributed by atoms with Gasteiger partial charge in [0.2, 0.25) is 10.0 Å². The van der Waals surface area contributed by atoms with Gasteiger partial charge in [-0.1, -0.05) is 0 Å². The zero-order valence-electron chi connectivity index (χ0n) is 13.9. The summed E-state index contributed by atoms with van der Waals surface area (Å²) in [5.41, 5.74) is 0. The van der Waals surface area contributed by atoms with Crippen LogP contribution in [0.25, 0.3) is 0 Å². The Bertz CT molecular complexity index is 737. The maximum absolute atomic E-state index is 12.7. The number of carbonyl (C=O) groups excluding carboxylic acids is 2. The van der Waals surface area contributed by atoms with Crippen LogP contribution in [0.1, 0.15) is 19.8 Å². The third-order valence-corrected chi connectivity index (χ3v) is 6.26. The van der Waals surface area contributed by atoms with Crippen LogP contribution >= 0.6 is 0 Å². The maximum atomic E-state index is 12.7. The van der Waals surface area contributed by atoms with Crippen LogP contribution in [0.2, 0.25) is 0 Å². The van der Waals surface area contributed by atoms with Crippen molar-refractivity contribution in [3.05, 3.63) is 24.3 Å². The van der Waals surface area contributed by atoms with Crippen LogP contribution in [0.15, 0.2) is 29.2 Å². The lowest BCUT2D eigenvalue weighted by Gasteiger charge is -2.33. The van der Waals surface area contributed by atoms with Gasteiger partial charge in [-0.2, -0.15) is 4.31 Å². The first kappa shape index (κ1) is 17.7. The van der Waals surface area contributed by atoms with Gasteiger partial charge in [0.05, 0.1) is 11.5 Å². The Labute approximate surface area is 146 Å². The largest absolute Gasteiger partial charge is 0.494 e. The fraction of sp³-hybridized carbons (Fsp3) is 0.500. The zero-order valence-corrected chi connectivity index (χ0v) is 14.7. The van der Waals surface area contributed by atoms with Crippen molar-refractivity contribution in [2.45, 2.75) is 30.7 Å². The SMILES string of the molecule is CCOc1ccc(S(=O)(=O)N2CCC(N3C(=O)COC3=O)CC2)cc1. The molecule has 0 unspecified atom stereocenters. The number of ether oxygens (including phenoxy) is 2. The van der Waals surface area contributed by atoms with Crippen LogP contribution in [0.5, 0.6) is 5.75 Å². The van der Waals surface area contributed by atoms with Gasteiger partial charge in [0, 0.05) is 19.1 Å². The lowest BCUT2D eigenvalue weighted by atomic mass is 10.1. The second-order valence-electron chi connectivity index (χ2n) is 5.86.